The summed E-state index contributed by atoms with van der Waals surface area (Å²) in [5.41, 5.74) is 0.877. The molecule has 1 fully saturated rings. The van der Waals surface area contributed by atoms with Gasteiger partial charge in [0.2, 0.25) is 0 Å². The van der Waals surface area contributed by atoms with Crippen molar-refractivity contribution >= 4 is 19.5 Å². The van der Waals surface area contributed by atoms with Crippen LogP contribution in [0.4, 0.5) is 0 Å². The first-order valence-corrected chi connectivity index (χ1v) is 10.3. The molecular weight excluding hydrogens is 238 g/mol. The van der Waals surface area contributed by atoms with E-state index in [-0.39, 0.29) is 0 Å². The van der Waals surface area contributed by atoms with Crippen molar-refractivity contribution in [1.82, 2.24) is 0 Å². The number of hydrogen-bond acceptors (Lipinski definition) is 2. The van der Waals surface area contributed by atoms with E-state index in [0.717, 1.165) is 10.8 Å². The molecule has 3 heteroatoms. The molecule has 0 spiro atoms. The lowest BCUT2D eigenvalue weighted by atomic mass is 10.2. The highest BCUT2D eigenvalue weighted by Gasteiger charge is 2.21. The molecule has 1 saturated carbocycles. The Morgan fingerprint density at radius 1 is 1.22 bits per heavy atom. The van der Waals surface area contributed by atoms with Crippen LogP contribution in [0.15, 0.2) is 23.2 Å². The second-order valence-electron chi connectivity index (χ2n) is 6.21. The molecule has 98 valence electrons. The van der Waals surface area contributed by atoms with E-state index in [1.165, 1.54) is 25.7 Å². The third-order valence-electron chi connectivity index (χ3n) is 3.62. The van der Waals surface area contributed by atoms with Crippen molar-refractivity contribution in [1.29, 1.82) is 0 Å². The summed E-state index contributed by atoms with van der Waals surface area (Å²) in [5, 5.41) is 11.5. The maximum atomic E-state index is 10.3. The molecular formula is C15H23NOSi. The number of para-hydroxylation sites is 1. The number of phenols is 1. The number of benzene rings is 1. The minimum Gasteiger partial charge on any atom is -0.507 e. The van der Waals surface area contributed by atoms with Gasteiger partial charge in [0, 0.05) is 17.8 Å². The Kier molecular flexibility index (Phi) is 3.90. The van der Waals surface area contributed by atoms with Crippen molar-refractivity contribution in [2.75, 3.05) is 0 Å². The Hall–Kier alpha value is -1.09. The number of phenolic OH excluding ortho intramolecular Hbond substituents is 1. The van der Waals surface area contributed by atoms with Gasteiger partial charge in [0.25, 0.3) is 0 Å². The summed E-state index contributed by atoms with van der Waals surface area (Å²) in [7, 11) is -1.48. The van der Waals surface area contributed by atoms with Crippen LogP contribution in [0.2, 0.25) is 19.6 Å². The third-order valence-corrected chi connectivity index (χ3v) is 5.64. The van der Waals surface area contributed by atoms with Gasteiger partial charge in [-0.1, -0.05) is 44.6 Å². The van der Waals surface area contributed by atoms with E-state index < -0.39 is 8.07 Å². The van der Waals surface area contributed by atoms with Gasteiger partial charge in [-0.05, 0) is 24.1 Å². The molecule has 0 bridgehead atoms. The third kappa shape index (κ3) is 3.02. The normalized spacial score (nSPS) is 17.7. The van der Waals surface area contributed by atoms with Crippen LogP contribution >= 0.6 is 0 Å². The minimum atomic E-state index is -1.48. The molecule has 0 aliphatic heterocycles. The summed E-state index contributed by atoms with van der Waals surface area (Å²) in [6, 6.07) is 6.51. The number of aromatic hydroxyl groups is 1. The highest BCUT2D eigenvalue weighted by molar-refractivity contribution is 6.89. The van der Waals surface area contributed by atoms with Crippen LogP contribution in [-0.2, 0) is 0 Å². The van der Waals surface area contributed by atoms with Crippen molar-refractivity contribution in [3.63, 3.8) is 0 Å². The van der Waals surface area contributed by atoms with Gasteiger partial charge >= 0.3 is 0 Å². The Morgan fingerprint density at radius 3 is 2.50 bits per heavy atom. The fourth-order valence-corrected chi connectivity index (χ4v) is 3.96. The zero-order valence-electron chi connectivity index (χ0n) is 11.6. The smallest absolute Gasteiger partial charge is 0.123 e. The van der Waals surface area contributed by atoms with Gasteiger partial charge in [0.1, 0.15) is 5.75 Å². The lowest BCUT2D eigenvalue weighted by Gasteiger charge is -2.19. The molecule has 0 radical (unpaired) electrons. The monoisotopic (exact) mass is 261 g/mol. The van der Waals surface area contributed by atoms with Crippen LogP contribution in [0.3, 0.4) is 0 Å². The van der Waals surface area contributed by atoms with Gasteiger partial charge in [-0.15, -0.1) is 0 Å². The second-order valence-corrected chi connectivity index (χ2v) is 11.2. The standard InChI is InChI=1S/C15H23NOSi/c1-18(2,3)14-10-6-7-12(15(14)17)11-16-13-8-4-5-9-13/h6-7,10-11,13,17H,4-5,8-9H2,1-3H3. The Balaban J connectivity index is 2.23. The minimum absolute atomic E-state index is 0.443. The van der Waals surface area contributed by atoms with Crippen LogP contribution in [0, 0.1) is 0 Å². The van der Waals surface area contributed by atoms with Gasteiger partial charge in [-0.2, -0.15) is 0 Å². The lowest BCUT2D eigenvalue weighted by Crippen LogP contribution is -2.38. The Labute approximate surface area is 111 Å². The van der Waals surface area contributed by atoms with Crippen LogP contribution in [0.1, 0.15) is 31.2 Å². The van der Waals surface area contributed by atoms with Gasteiger partial charge in [-0.25, -0.2) is 0 Å². The molecule has 1 N–H and O–H groups in total. The molecule has 2 nitrogen and oxygen atoms in total. The van der Waals surface area contributed by atoms with Crippen LogP contribution in [0.25, 0.3) is 0 Å². The maximum absolute atomic E-state index is 10.3. The molecule has 0 heterocycles. The average molecular weight is 261 g/mol. The van der Waals surface area contributed by atoms with Crippen LogP contribution in [-0.4, -0.2) is 25.4 Å². The van der Waals surface area contributed by atoms with E-state index >= 15 is 0 Å². The zero-order valence-corrected chi connectivity index (χ0v) is 12.6. The first-order valence-electron chi connectivity index (χ1n) is 6.84. The number of hydrogen-bond donors (Lipinski definition) is 1. The second kappa shape index (κ2) is 5.27. The quantitative estimate of drug-likeness (QED) is 0.657. The average Bonchev–Trinajstić information content (AvgIpc) is 2.79. The van der Waals surface area contributed by atoms with E-state index in [2.05, 4.69) is 30.7 Å². The first kappa shape index (κ1) is 13.3. The van der Waals surface area contributed by atoms with E-state index in [1.54, 1.807) is 0 Å². The summed E-state index contributed by atoms with van der Waals surface area (Å²) in [5.74, 6) is 0.443. The molecule has 0 amide bonds. The highest BCUT2D eigenvalue weighted by atomic mass is 28.3. The molecule has 2 rings (SSSR count). The zero-order chi connectivity index (χ0) is 13.2. The predicted molar refractivity (Wildman–Crippen MR) is 80.9 cm³/mol. The lowest BCUT2D eigenvalue weighted by molar-refractivity contribution is 0.478. The summed E-state index contributed by atoms with van der Waals surface area (Å²) >= 11 is 0. The maximum Gasteiger partial charge on any atom is 0.123 e. The Morgan fingerprint density at radius 2 is 1.89 bits per heavy atom. The summed E-state index contributed by atoms with van der Waals surface area (Å²) < 4.78 is 0. The Bertz CT molecular complexity index is 442. The number of nitrogens with zero attached hydrogens (tertiary/aromatic N) is 1. The van der Waals surface area contributed by atoms with Crippen LogP contribution < -0.4 is 5.19 Å². The molecule has 1 aromatic rings. The number of aliphatic imine (C=N–C) groups is 1. The summed E-state index contributed by atoms with van der Waals surface area (Å²) in [6.07, 6.45) is 6.86. The van der Waals surface area contributed by atoms with E-state index in [1.807, 2.05) is 18.3 Å². The van der Waals surface area contributed by atoms with Crippen molar-refractivity contribution in [3.8, 4) is 5.75 Å². The van der Waals surface area contributed by atoms with Crippen molar-refractivity contribution < 1.29 is 5.11 Å². The van der Waals surface area contributed by atoms with Crippen molar-refractivity contribution in [2.45, 2.75) is 51.4 Å². The molecule has 18 heavy (non-hydrogen) atoms. The molecule has 1 aliphatic carbocycles. The molecule has 0 aromatic heterocycles. The molecule has 0 saturated heterocycles. The topological polar surface area (TPSA) is 32.6 Å². The van der Waals surface area contributed by atoms with Gasteiger partial charge in [-0.3, -0.25) is 4.99 Å². The van der Waals surface area contributed by atoms with E-state index in [0.29, 0.717) is 11.8 Å². The van der Waals surface area contributed by atoms with Gasteiger partial charge in [0.05, 0.1) is 8.07 Å². The van der Waals surface area contributed by atoms with Crippen molar-refractivity contribution in [3.05, 3.63) is 23.8 Å². The van der Waals surface area contributed by atoms with E-state index in [9.17, 15) is 5.11 Å². The van der Waals surface area contributed by atoms with Crippen LogP contribution in [0.5, 0.6) is 5.75 Å². The van der Waals surface area contributed by atoms with Gasteiger partial charge in [0.15, 0.2) is 0 Å². The molecule has 1 aromatic carbocycles. The summed E-state index contributed by atoms with van der Waals surface area (Å²) in [4.78, 5) is 4.61. The summed E-state index contributed by atoms with van der Waals surface area (Å²) in [6.45, 7) is 6.75. The fraction of sp³-hybridized carbons (Fsp3) is 0.533. The van der Waals surface area contributed by atoms with E-state index in [4.69, 9.17) is 0 Å². The highest BCUT2D eigenvalue weighted by Crippen LogP contribution is 2.22. The largest absolute Gasteiger partial charge is 0.507 e. The molecule has 1 aliphatic rings. The predicted octanol–water partition coefficient (Wildman–Crippen LogP) is 3.30. The molecule has 0 atom stereocenters. The fourth-order valence-electron chi connectivity index (χ4n) is 2.51. The van der Waals surface area contributed by atoms with Crippen molar-refractivity contribution in [2.24, 2.45) is 4.99 Å². The molecule has 0 unspecified atom stereocenters. The first-order chi connectivity index (χ1) is 8.48. The number of rotatable bonds is 3. The SMILES string of the molecule is C[Si](C)(C)c1cccc(C=NC2CCCC2)c1O. The van der Waals surface area contributed by atoms with Gasteiger partial charge < -0.3 is 5.11 Å².